The lowest BCUT2D eigenvalue weighted by molar-refractivity contribution is 0.0698. The number of sulfonamides is 1. The molecule has 0 aliphatic carbocycles. The molecule has 9 heteroatoms. The topological polar surface area (TPSA) is 107 Å². The van der Waals surface area contributed by atoms with Crippen molar-refractivity contribution in [3.63, 3.8) is 0 Å². The summed E-state index contributed by atoms with van der Waals surface area (Å²) in [6, 6.07) is 13.2. The van der Waals surface area contributed by atoms with Gasteiger partial charge in [-0.3, -0.25) is 14.8 Å². The van der Waals surface area contributed by atoms with E-state index in [4.69, 9.17) is 0 Å². The highest BCUT2D eigenvalue weighted by molar-refractivity contribution is 7.89. The van der Waals surface area contributed by atoms with Crippen LogP contribution in [0.3, 0.4) is 0 Å². The van der Waals surface area contributed by atoms with Crippen molar-refractivity contribution in [1.29, 1.82) is 5.26 Å². The normalized spacial score (nSPS) is 15.2. The summed E-state index contributed by atoms with van der Waals surface area (Å²) in [4.78, 5) is 22.9. The molecule has 3 aromatic rings. The third kappa shape index (κ3) is 3.55. The summed E-state index contributed by atoms with van der Waals surface area (Å²) in [5.41, 5.74) is 1.94. The second kappa shape index (κ2) is 7.58. The highest BCUT2D eigenvalue weighted by atomic mass is 32.2. The number of benzene rings is 2. The molecule has 0 radical (unpaired) electrons. The van der Waals surface area contributed by atoms with E-state index in [-0.39, 0.29) is 42.5 Å². The van der Waals surface area contributed by atoms with Crippen molar-refractivity contribution in [1.82, 2.24) is 19.2 Å². The number of hydrogen-bond acceptors (Lipinski definition) is 6. The molecule has 0 unspecified atom stereocenters. The van der Waals surface area contributed by atoms with Gasteiger partial charge in [0.1, 0.15) is 6.07 Å². The van der Waals surface area contributed by atoms with Gasteiger partial charge in [-0.15, -0.1) is 0 Å². The number of nitrogens with zero attached hydrogens (tertiary/aromatic N) is 5. The van der Waals surface area contributed by atoms with E-state index in [0.29, 0.717) is 16.6 Å². The lowest BCUT2D eigenvalue weighted by Gasteiger charge is -2.34. The molecule has 0 N–H and O–H groups in total. The summed E-state index contributed by atoms with van der Waals surface area (Å²) < 4.78 is 27.2. The predicted octanol–water partition coefficient (Wildman–Crippen LogP) is 1.65. The Balaban J connectivity index is 1.50. The van der Waals surface area contributed by atoms with Gasteiger partial charge < -0.3 is 4.90 Å². The van der Waals surface area contributed by atoms with Crippen LogP contribution >= 0.6 is 0 Å². The van der Waals surface area contributed by atoms with Gasteiger partial charge in [0.05, 0.1) is 21.5 Å². The molecule has 8 nitrogen and oxygen atoms in total. The maximum Gasteiger partial charge on any atom is 0.254 e. The number of fused-ring (bicyclic) bond motifs is 1. The summed E-state index contributed by atoms with van der Waals surface area (Å²) >= 11 is 0. The third-order valence-electron chi connectivity index (χ3n) is 4.87. The second-order valence-electron chi connectivity index (χ2n) is 6.56. The largest absolute Gasteiger partial charge is 0.336 e. The van der Waals surface area contributed by atoms with Gasteiger partial charge in [0.2, 0.25) is 10.0 Å². The van der Waals surface area contributed by atoms with Crippen LogP contribution in [-0.4, -0.2) is 59.7 Å². The third-order valence-corrected chi connectivity index (χ3v) is 6.82. The van der Waals surface area contributed by atoms with Gasteiger partial charge in [-0.05, 0) is 30.3 Å². The molecule has 1 aromatic heterocycles. The number of amides is 1. The number of nitriles is 1. The molecular weight excluding hydrogens is 390 g/mol. The molecule has 0 saturated carbocycles. The summed E-state index contributed by atoms with van der Waals surface area (Å²) in [6.45, 7) is 0.874. The minimum absolute atomic E-state index is 0.00428. The molecule has 0 atom stereocenters. The molecule has 1 saturated heterocycles. The van der Waals surface area contributed by atoms with Crippen LogP contribution < -0.4 is 0 Å². The molecule has 1 aliphatic rings. The molecule has 2 heterocycles. The number of carbonyl (C=O) groups is 1. The quantitative estimate of drug-likeness (QED) is 0.653. The Kier molecular flexibility index (Phi) is 4.96. The van der Waals surface area contributed by atoms with Crippen molar-refractivity contribution >= 4 is 27.0 Å². The first-order valence-electron chi connectivity index (χ1n) is 9.00. The van der Waals surface area contributed by atoms with Crippen molar-refractivity contribution in [2.75, 3.05) is 26.2 Å². The molecule has 1 amide bonds. The van der Waals surface area contributed by atoms with E-state index < -0.39 is 10.0 Å². The SMILES string of the molecule is N#Cc1ccccc1S(=O)(=O)N1CCN(C(=O)c2ccc3nccnc3c2)CC1. The Labute approximate surface area is 168 Å². The van der Waals surface area contributed by atoms with E-state index in [1.807, 2.05) is 6.07 Å². The summed E-state index contributed by atoms with van der Waals surface area (Å²) in [6.07, 6.45) is 3.16. The molecule has 4 rings (SSSR count). The Morgan fingerprint density at radius 2 is 1.66 bits per heavy atom. The standard InChI is InChI=1S/C20H17N5O3S/c21-14-16-3-1-2-4-19(16)29(27,28)25-11-9-24(10-12-25)20(26)15-5-6-17-18(13-15)23-8-7-22-17/h1-8,13H,9-12H2. The first-order chi connectivity index (χ1) is 14.0. The molecule has 29 heavy (non-hydrogen) atoms. The lowest BCUT2D eigenvalue weighted by atomic mass is 10.1. The number of piperazine rings is 1. The molecule has 2 aromatic carbocycles. The van der Waals surface area contributed by atoms with E-state index in [2.05, 4.69) is 9.97 Å². The van der Waals surface area contributed by atoms with Gasteiger partial charge in [-0.25, -0.2) is 8.42 Å². The maximum absolute atomic E-state index is 12.9. The van der Waals surface area contributed by atoms with Crippen LogP contribution in [0.1, 0.15) is 15.9 Å². The highest BCUT2D eigenvalue weighted by Crippen LogP contribution is 2.22. The molecule has 0 spiro atoms. The number of carbonyl (C=O) groups excluding carboxylic acids is 1. The van der Waals surface area contributed by atoms with E-state index in [1.165, 1.54) is 16.4 Å². The predicted molar refractivity (Wildman–Crippen MR) is 105 cm³/mol. The first-order valence-corrected chi connectivity index (χ1v) is 10.4. The summed E-state index contributed by atoms with van der Waals surface area (Å²) in [5, 5.41) is 9.20. The van der Waals surface area contributed by atoms with Crippen LogP contribution in [0.2, 0.25) is 0 Å². The van der Waals surface area contributed by atoms with Crippen LogP contribution in [0.4, 0.5) is 0 Å². The van der Waals surface area contributed by atoms with E-state index in [9.17, 15) is 18.5 Å². The van der Waals surface area contributed by atoms with Crippen LogP contribution in [0.5, 0.6) is 0 Å². The Hall–Kier alpha value is -3.35. The fourth-order valence-corrected chi connectivity index (χ4v) is 4.90. The fraction of sp³-hybridized carbons (Fsp3) is 0.200. The average Bonchev–Trinajstić information content (AvgIpc) is 2.78. The molecular formula is C20H17N5O3S. The minimum Gasteiger partial charge on any atom is -0.336 e. The van der Waals surface area contributed by atoms with Crippen molar-refractivity contribution in [2.45, 2.75) is 4.90 Å². The molecule has 1 aliphatic heterocycles. The smallest absolute Gasteiger partial charge is 0.254 e. The van der Waals surface area contributed by atoms with Gasteiger partial charge in [-0.1, -0.05) is 12.1 Å². The van der Waals surface area contributed by atoms with Crippen molar-refractivity contribution in [3.05, 3.63) is 66.0 Å². The maximum atomic E-state index is 12.9. The van der Waals surface area contributed by atoms with Gasteiger partial charge in [0.15, 0.2) is 0 Å². The van der Waals surface area contributed by atoms with Crippen LogP contribution in [-0.2, 0) is 10.0 Å². The minimum atomic E-state index is -3.79. The van der Waals surface area contributed by atoms with E-state index >= 15 is 0 Å². The summed E-state index contributed by atoms with van der Waals surface area (Å²) in [7, 11) is -3.79. The highest BCUT2D eigenvalue weighted by Gasteiger charge is 2.31. The van der Waals surface area contributed by atoms with Gasteiger partial charge in [0.25, 0.3) is 5.91 Å². The number of hydrogen-bond donors (Lipinski definition) is 0. The zero-order valence-electron chi connectivity index (χ0n) is 15.4. The lowest BCUT2D eigenvalue weighted by Crippen LogP contribution is -2.50. The monoisotopic (exact) mass is 407 g/mol. The average molecular weight is 407 g/mol. The van der Waals surface area contributed by atoms with Gasteiger partial charge in [-0.2, -0.15) is 9.57 Å². The van der Waals surface area contributed by atoms with Crippen molar-refractivity contribution in [3.8, 4) is 6.07 Å². The zero-order chi connectivity index (χ0) is 20.4. The van der Waals surface area contributed by atoms with Crippen LogP contribution in [0.25, 0.3) is 11.0 Å². The molecule has 1 fully saturated rings. The molecule has 146 valence electrons. The van der Waals surface area contributed by atoms with Gasteiger partial charge in [0, 0.05) is 44.1 Å². The summed E-state index contributed by atoms with van der Waals surface area (Å²) in [5.74, 6) is -0.174. The number of rotatable bonds is 3. The van der Waals surface area contributed by atoms with Crippen molar-refractivity contribution < 1.29 is 13.2 Å². The van der Waals surface area contributed by atoms with E-state index in [1.54, 1.807) is 47.6 Å². The Morgan fingerprint density at radius 1 is 0.966 bits per heavy atom. The molecule has 0 bridgehead atoms. The van der Waals surface area contributed by atoms with Gasteiger partial charge >= 0.3 is 0 Å². The second-order valence-corrected chi connectivity index (χ2v) is 8.47. The van der Waals surface area contributed by atoms with E-state index in [0.717, 1.165) is 0 Å². The Morgan fingerprint density at radius 3 is 2.38 bits per heavy atom. The number of aromatic nitrogens is 2. The fourth-order valence-electron chi connectivity index (χ4n) is 3.33. The Bertz CT molecular complexity index is 1230. The van der Waals surface area contributed by atoms with Crippen LogP contribution in [0, 0.1) is 11.3 Å². The first kappa shape index (κ1) is 19.0. The van der Waals surface area contributed by atoms with Crippen molar-refractivity contribution in [2.24, 2.45) is 0 Å². The van der Waals surface area contributed by atoms with Crippen LogP contribution in [0.15, 0.2) is 59.8 Å². The zero-order valence-corrected chi connectivity index (χ0v) is 16.2.